The highest BCUT2D eigenvalue weighted by Crippen LogP contribution is 2.37. The Labute approximate surface area is 80.5 Å². The molecule has 0 spiro atoms. The number of nitro groups is 1. The number of aryl methyl sites for hydroxylation is 1. The minimum absolute atomic E-state index is 0.0464. The lowest BCUT2D eigenvalue weighted by molar-refractivity contribution is -0.384. The zero-order valence-corrected chi connectivity index (χ0v) is 7.62. The van der Waals surface area contributed by atoms with E-state index in [0.29, 0.717) is 0 Å². The third-order valence-electron chi connectivity index (χ3n) is 2.34. The van der Waals surface area contributed by atoms with Crippen molar-refractivity contribution in [2.75, 3.05) is 0 Å². The molecule has 1 aromatic carbocycles. The lowest BCUT2D eigenvalue weighted by Gasteiger charge is -2.01. The molecule has 0 amide bonds. The molecule has 0 aromatic heterocycles. The number of nitro benzene ring substituents is 1. The van der Waals surface area contributed by atoms with Crippen LogP contribution in [0.5, 0.6) is 0 Å². The second kappa shape index (κ2) is 3.00. The van der Waals surface area contributed by atoms with Gasteiger partial charge in [0.05, 0.1) is 10.3 Å². The number of nitrogens with zero attached hydrogens (tertiary/aromatic N) is 1. The van der Waals surface area contributed by atoms with Crippen molar-refractivity contribution < 1.29 is 4.92 Å². The van der Waals surface area contributed by atoms with E-state index in [9.17, 15) is 10.1 Å². The molecule has 0 saturated heterocycles. The molecule has 1 aliphatic carbocycles. The number of benzene rings is 1. The molecule has 0 radical (unpaired) electrons. The fourth-order valence-corrected chi connectivity index (χ4v) is 1.97. The molecule has 0 N–H and O–H groups in total. The molecule has 1 atom stereocenters. The maximum Gasteiger partial charge on any atom is 0.269 e. The highest BCUT2D eigenvalue weighted by atomic mass is 35.5. The predicted octanol–water partition coefficient (Wildman–Crippen LogP) is 2.82. The molecule has 4 heteroatoms. The molecule has 68 valence electrons. The van der Waals surface area contributed by atoms with Gasteiger partial charge in [-0.2, -0.15) is 0 Å². The highest BCUT2D eigenvalue weighted by Gasteiger charge is 2.22. The quantitative estimate of drug-likeness (QED) is 0.395. The number of fused-ring (bicyclic) bond motifs is 1. The Morgan fingerprint density at radius 3 is 3.00 bits per heavy atom. The van der Waals surface area contributed by atoms with Crippen molar-refractivity contribution in [2.24, 2.45) is 0 Å². The summed E-state index contributed by atoms with van der Waals surface area (Å²) in [5, 5.41) is 10.4. The zero-order valence-electron chi connectivity index (χ0n) is 6.87. The zero-order chi connectivity index (χ0) is 9.42. The van der Waals surface area contributed by atoms with Crippen LogP contribution < -0.4 is 0 Å². The lowest BCUT2D eigenvalue weighted by atomic mass is 10.1. The van der Waals surface area contributed by atoms with Crippen molar-refractivity contribution in [1.82, 2.24) is 0 Å². The minimum atomic E-state index is -0.387. The lowest BCUT2D eigenvalue weighted by Crippen LogP contribution is -1.91. The van der Waals surface area contributed by atoms with E-state index in [1.807, 2.05) is 0 Å². The third kappa shape index (κ3) is 1.40. The Kier molecular flexibility index (Phi) is 1.96. The number of halogens is 1. The number of alkyl halides is 1. The molecule has 1 aliphatic rings. The van der Waals surface area contributed by atoms with Crippen LogP contribution in [0.25, 0.3) is 0 Å². The van der Waals surface area contributed by atoms with Crippen LogP contribution >= 0.6 is 11.6 Å². The summed E-state index contributed by atoms with van der Waals surface area (Å²) in [5.74, 6) is 0. The molecule has 1 aromatic rings. The number of hydrogen-bond acceptors (Lipinski definition) is 2. The first-order valence-electron chi connectivity index (χ1n) is 4.10. The maximum atomic E-state index is 10.5. The number of rotatable bonds is 1. The second-order valence-corrected chi connectivity index (χ2v) is 3.67. The molecule has 0 fully saturated rings. The van der Waals surface area contributed by atoms with Crippen LogP contribution in [0, 0.1) is 10.1 Å². The summed E-state index contributed by atoms with van der Waals surface area (Å²) in [6.45, 7) is 0. The number of non-ortho nitro benzene ring substituents is 1. The minimum Gasteiger partial charge on any atom is -0.258 e. The molecular formula is C9H8ClNO2. The summed E-state index contributed by atoms with van der Waals surface area (Å²) >= 11 is 6.00. The molecule has 0 bridgehead atoms. The van der Waals surface area contributed by atoms with Crippen LogP contribution in [0.2, 0.25) is 0 Å². The Balaban J connectivity index is 2.47. The summed E-state index contributed by atoms with van der Waals surface area (Å²) in [7, 11) is 0. The van der Waals surface area contributed by atoms with E-state index in [4.69, 9.17) is 11.6 Å². The van der Waals surface area contributed by atoms with Crippen LogP contribution in [-0.4, -0.2) is 4.92 Å². The van der Waals surface area contributed by atoms with Gasteiger partial charge in [0.15, 0.2) is 0 Å². The summed E-state index contributed by atoms with van der Waals surface area (Å²) < 4.78 is 0. The first-order chi connectivity index (χ1) is 6.18. The van der Waals surface area contributed by atoms with Gasteiger partial charge in [-0.1, -0.05) is 6.07 Å². The van der Waals surface area contributed by atoms with Crippen LogP contribution in [0.3, 0.4) is 0 Å². The molecule has 13 heavy (non-hydrogen) atoms. The average molecular weight is 198 g/mol. The Bertz CT molecular complexity index is 365. The molecule has 0 saturated carbocycles. The highest BCUT2D eigenvalue weighted by molar-refractivity contribution is 6.21. The van der Waals surface area contributed by atoms with Crippen molar-refractivity contribution >= 4 is 17.3 Å². The van der Waals surface area contributed by atoms with Crippen molar-refractivity contribution in [1.29, 1.82) is 0 Å². The second-order valence-electron chi connectivity index (χ2n) is 3.15. The van der Waals surface area contributed by atoms with Gasteiger partial charge in [0.1, 0.15) is 0 Å². The van der Waals surface area contributed by atoms with Gasteiger partial charge in [0, 0.05) is 12.1 Å². The normalized spacial score (nSPS) is 19.9. The average Bonchev–Trinajstić information content (AvgIpc) is 2.47. The van der Waals surface area contributed by atoms with E-state index in [1.54, 1.807) is 12.1 Å². The van der Waals surface area contributed by atoms with Crippen LogP contribution in [0.15, 0.2) is 18.2 Å². The van der Waals surface area contributed by atoms with E-state index in [2.05, 4.69) is 0 Å². The molecule has 2 rings (SSSR count). The molecule has 3 nitrogen and oxygen atoms in total. The molecule has 0 heterocycles. The van der Waals surface area contributed by atoms with Crippen LogP contribution in [0.4, 0.5) is 5.69 Å². The predicted molar refractivity (Wildman–Crippen MR) is 50.0 cm³/mol. The smallest absolute Gasteiger partial charge is 0.258 e. The topological polar surface area (TPSA) is 43.1 Å². The van der Waals surface area contributed by atoms with Gasteiger partial charge in [-0.25, -0.2) is 0 Å². The van der Waals surface area contributed by atoms with E-state index < -0.39 is 0 Å². The van der Waals surface area contributed by atoms with E-state index in [-0.39, 0.29) is 16.0 Å². The fraction of sp³-hybridized carbons (Fsp3) is 0.333. The van der Waals surface area contributed by atoms with Gasteiger partial charge < -0.3 is 0 Å². The first-order valence-corrected chi connectivity index (χ1v) is 4.53. The molecular weight excluding hydrogens is 190 g/mol. The largest absolute Gasteiger partial charge is 0.269 e. The van der Waals surface area contributed by atoms with Gasteiger partial charge in [-0.05, 0) is 24.0 Å². The van der Waals surface area contributed by atoms with E-state index in [0.717, 1.165) is 24.0 Å². The van der Waals surface area contributed by atoms with Gasteiger partial charge >= 0.3 is 0 Å². The summed E-state index contributed by atoms with van der Waals surface area (Å²) in [6, 6.07) is 4.92. The monoisotopic (exact) mass is 197 g/mol. The van der Waals surface area contributed by atoms with Crippen molar-refractivity contribution in [3.05, 3.63) is 39.4 Å². The fourth-order valence-electron chi connectivity index (χ4n) is 1.65. The van der Waals surface area contributed by atoms with E-state index >= 15 is 0 Å². The van der Waals surface area contributed by atoms with Crippen molar-refractivity contribution in [3.63, 3.8) is 0 Å². The van der Waals surface area contributed by atoms with Crippen molar-refractivity contribution in [2.45, 2.75) is 18.2 Å². The number of hydrogen-bond donors (Lipinski definition) is 0. The first kappa shape index (κ1) is 8.51. The maximum absolute atomic E-state index is 10.5. The van der Waals surface area contributed by atoms with Crippen molar-refractivity contribution in [3.8, 4) is 0 Å². The Hall–Kier alpha value is -1.09. The standard InChI is InChI=1S/C9H8ClNO2/c10-9-4-2-6-1-3-7(11(12)13)5-8(6)9/h1,3,5,9H,2,4H2. The van der Waals surface area contributed by atoms with Crippen LogP contribution in [-0.2, 0) is 6.42 Å². The Morgan fingerprint density at radius 1 is 1.54 bits per heavy atom. The third-order valence-corrected chi connectivity index (χ3v) is 2.80. The Morgan fingerprint density at radius 2 is 2.31 bits per heavy atom. The van der Waals surface area contributed by atoms with Gasteiger partial charge in [0.25, 0.3) is 5.69 Å². The SMILES string of the molecule is O=[N+]([O-])c1ccc2c(c1)C(Cl)CC2. The summed E-state index contributed by atoms with van der Waals surface area (Å²) in [4.78, 5) is 10.1. The molecule has 1 unspecified atom stereocenters. The van der Waals surface area contributed by atoms with Gasteiger partial charge in [0.2, 0.25) is 0 Å². The van der Waals surface area contributed by atoms with Gasteiger partial charge in [-0.3, -0.25) is 10.1 Å². The van der Waals surface area contributed by atoms with E-state index in [1.165, 1.54) is 6.07 Å². The molecule has 0 aliphatic heterocycles. The summed E-state index contributed by atoms with van der Waals surface area (Å²) in [5.41, 5.74) is 2.20. The summed E-state index contributed by atoms with van der Waals surface area (Å²) in [6.07, 6.45) is 1.82. The van der Waals surface area contributed by atoms with Gasteiger partial charge in [-0.15, -0.1) is 11.6 Å². The van der Waals surface area contributed by atoms with Crippen LogP contribution in [0.1, 0.15) is 22.9 Å².